The van der Waals surface area contributed by atoms with Crippen molar-refractivity contribution in [1.29, 1.82) is 0 Å². The molecule has 8 aromatic carbocycles. The number of nitrogens with one attached hydrogen (secondary N) is 4. The Labute approximate surface area is 522 Å². The van der Waals surface area contributed by atoms with Gasteiger partial charge in [-0.25, -0.2) is 26.3 Å². The number of halogens is 6. The summed E-state index contributed by atoms with van der Waals surface area (Å²) < 4.78 is 59.8. The van der Waals surface area contributed by atoms with Gasteiger partial charge in [-0.1, -0.05) is 217 Å². The Bertz CT molecular complexity index is 2840. The maximum absolute atomic E-state index is 13.4. The molecule has 4 atom stereocenters. The predicted molar refractivity (Wildman–Crippen MR) is 336 cm³/mol. The Hall–Kier alpha value is -3.51. The van der Waals surface area contributed by atoms with Gasteiger partial charge in [0.1, 0.15) is 0 Å². The first kappa shape index (κ1) is 74.5. The number of benzene rings is 8. The van der Waals surface area contributed by atoms with Crippen LogP contribution >= 0.6 is 63.6 Å². The van der Waals surface area contributed by atoms with E-state index in [0.29, 0.717) is 0 Å². The molecule has 0 bridgehead atoms. The van der Waals surface area contributed by atoms with Gasteiger partial charge in [0.15, 0.2) is 0 Å². The minimum absolute atomic E-state index is 0. The third kappa shape index (κ3) is 26.0. The van der Waals surface area contributed by atoms with E-state index in [4.69, 9.17) is 38.8 Å². The van der Waals surface area contributed by atoms with Crippen molar-refractivity contribution in [3.05, 3.63) is 290 Å². The van der Waals surface area contributed by atoms with Gasteiger partial charge < -0.3 is 25.5 Å². The van der Waals surface area contributed by atoms with Crippen molar-refractivity contribution in [2.24, 2.45) is 0 Å². The zero-order chi connectivity index (χ0) is 54.4. The molecule has 80 heavy (non-hydrogen) atoms. The molecular formula is C62H72Cl6N4O4Ru2S2-2. The van der Waals surface area contributed by atoms with Crippen LogP contribution in [-0.4, -0.2) is 29.9 Å². The monoisotopic (exact) mass is 1410 g/mol. The molecule has 436 valence electrons. The van der Waals surface area contributed by atoms with Crippen LogP contribution in [0.15, 0.2) is 240 Å². The van der Waals surface area contributed by atoms with E-state index in [2.05, 4.69) is 68.6 Å². The maximum atomic E-state index is 13.4. The molecule has 0 radical (unpaired) electrons. The van der Waals surface area contributed by atoms with E-state index in [9.17, 15) is 16.8 Å². The van der Waals surface area contributed by atoms with Gasteiger partial charge in [0.25, 0.3) is 0 Å². The topological polar surface area (TPSA) is 116 Å². The van der Waals surface area contributed by atoms with Crippen LogP contribution in [-0.2, 0) is 63.2 Å². The first-order valence-electron chi connectivity index (χ1n) is 24.5. The van der Waals surface area contributed by atoms with Crippen LogP contribution in [0.1, 0.15) is 81.5 Å². The van der Waals surface area contributed by atoms with E-state index in [0.717, 1.165) is 72.2 Å². The van der Waals surface area contributed by atoms with Crippen LogP contribution in [0.4, 0.5) is 0 Å². The van der Waals surface area contributed by atoms with Crippen molar-refractivity contribution in [3.8, 4) is 0 Å². The van der Waals surface area contributed by atoms with Crippen LogP contribution < -0.4 is 20.1 Å². The van der Waals surface area contributed by atoms with Gasteiger partial charge in [-0.05, 0) is 110 Å². The summed E-state index contributed by atoms with van der Waals surface area (Å²) >= 11 is -0.691. The molecule has 8 rings (SSSR count). The normalized spacial score (nSPS) is 12.2. The second-order valence-electron chi connectivity index (χ2n) is 17.6. The molecule has 4 N–H and O–H groups in total. The van der Waals surface area contributed by atoms with Gasteiger partial charge in [-0.2, -0.15) is 0 Å². The van der Waals surface area contributed by atoms with E-state index in [1.54, 1.807) is 24.3 Å². The number of rotatable bonds is 22. The molecule has 0 saturated heterocycles. The first-order valence-corrected chi connectivity index (χ1v) is 36.4. The van der Waals surface area contributed by atoms with Crippen LogP contribution in [0.5, 0.6) is 0 Å². The molecule has 0 amide bonds. The summed E-state index contributed by atoms with van der Waals surface area (Å²) in [4.78, 5) is 0.528. The number of sulfonamides is 2. The van der Waals surface area contributed by atoms with Crippen molar-refractivity contribution in [1.82, 2.24) is 20.1 Å². The molecule has 18 heteroatoms. The van der Waals surface area contributed by atoms with Crippen LogP contribution in [0.3, 0.4) is 0 Å². The second kappa shape index (κ2) is 41.5. The molecule has 0 saturated carbocycles. The van der Waals surface area contributed by atoms with Gasteiger partial charge >= 0.3 is 69.1 Å². The van der Waals surface area contributed by atoms with Gasteiger partial charge in [-0.15, -0.1) is 24.8 Å². The van der Waals surface area contributed by atoms with Gasteiger partial charge in [0.2, 0.25) is 20.0 Å². The Morgan fingerprint density at radius 2 is 0.588 bits per heavy atom. The molecule has 8 aromatic rings. The number of hydrogen-bond donors (Lipinski definition) is 4. The van der Waals surface area contributed by atoms with Gasteiger partial charge in [0, 0.05) is 0 Å². The van der Waals surface area contributed by atoms with E-state index in [-0.39, 0.29) is 91.8 Å². The molecule has 0 spiro atoms. The summed E-state index contributed by atoms with van der Waals surface area (Å²) in [6.45, 7) is 5.40. The van der Waals surface area contributed by atoms with Crippen molar-refractivity contribution in [2.45, 2.75) is 73.5 Å². The molecule has 0 aliphatic carbocycles. The Morgan fingerprint density at radius 3 is 0.838 bits per heavy atom. The third-order valence-corrected chi connectivity index (χ3v) is 15.1. The quantitative estimate of drug-likeness (QED) is 0.0305. The Kier molecular flexibility index (Phi) is 38.6. The van der Waals surface area contributed by atoms with Gasteiger partial charge in [0.05, 0.1) is 34.0 Å². The Balaban J connectivity index is 0.000000696. The van der Waals surface area contributed by atoms with Crippen molar-refractivity contribution in [2.75, 3.05) is 13.1 Å². The minimum atomic E-state index is -3.74. The van der Waals surface area contributed by atoms with Crippen LogP contribution in [0.25, 0.3) is 0 Å². The van der Waals surface area contributed by atoms with Crippen molar-refractivity contribution < 1.29 is 47.1 Å². The molecule has 0 aliphatic rings. The summed E-state index contributed by atoms with van der Waals surface area (Å²) in [5.74, 6) is 0. The zero-order valence-electron chi connectivity index (χ0n) is 45.0. The molecule has 0 fully saturated rings. The summed E-state index contributed by atoms with van der Waals surface area (Å²) in [6, 6.07) is 73.0. The predicted octanol–water partition coefficient (Wildman–Crippen LogP) is 16.5. The summed E-state index contributed by atoms with van der Waals surface area (Å²) in [5.41, 5.74) is 8.52. The van der Waals surface area contributed by atoms with Crippen LogP contribution in [0, 0.1) is 28.7 Å². The molecular weight excluding hydrogens is 1340 g/mol. The SMILES string of the molecule is Cc1ccc(S(=O)(=O)NC(c2ccccc2)[C@@H](NCCCc2ccccc2)c2ccccc2)cc1.Cc1ccc(S(=O)(=O)NC(c2ccccc2)[C@@H](NCCCc2ccccc2)c2ccccc2)cc1.Cl.Cl.[CH3-].[CH3-].[Cl][Ru][Cl].[Cl][Ru][Cl]. The standard InChI is InChI=1S/2C30H32N2O2S.2CH3.6ClH.2Ru/c2*1-24-19-21-28(22-20-24)35(33,34)32-30(27-17-9-4-10-18-27)29(26-15-7-3-8-16-26)31-23-11-14-25-12-5-2-6-13-25;;;;;;;;;;/h2*2-10,12-13,15-22,29-32H,11,14,23H2,1H3;2*1H3;6*1H;;/q;;2*-1;;;;;;;2*+2/p-4/t2*29-,30?;;;;;;;;;;/m00........../s1. The van der Waals surface area contributed by atoms with E-state index < -0.39 is 32.1 Å². The molecule has 2 unspecified atom stereocenters. The van der Waals surface area contributed by atoms with Crippen molar-refractivity contribution >= 4 is 83.6 Å². The Morgan fingerprint density at radius 1 is 0.362 bits per heavy atom. The van der Waals surface area contributed by atoms with Crippen molar-refractivity contribution in [3.63, 3.8) is 0 Å². The molecule has 0 aliphatic heterocycles. The zero-order valence-corrected chi connectivity index (χ0v) is 54.7. The van der Waals surface area contributed by atoms with E-state index >= 15 is 0 Å². The van der Waals surface area contributed by atoms with E-state index in [1.807, 2.05) is 172 Å². The average molecular weight is 1420 g/mol. The summed E-state index contributed by atoms with van der Waals surface area (Å²) in [6.07, 6.45) is 3.81. The number of hydrogen-bond acceptors (Lipinski definition) is 6. The second-order valence-corrected chi connectivity index (χ2v) is 26.3. The number of aryl methyl sites for hydroxylation is 4. The fourth-order valence-electron chi connectivity index (χ4n) is 8.45. The van der Waals surface area contributed by atoms with Crippen LogP contribution in [0.2, 0.25) is 0 Å². The third-order valence-electron chi connectivity index (χ3n) is 12.2. The summed E-state index contributed by atoms with van der Waals surface area (Å²) in [5, 5.41) is 7.32. The van der Waals surface area contributed by atoms with Gasteiger partial charge in [-0.3, -0.25) is 0 Å². The molecule has 8 nitrogen and oxygen atoms in total. The average Bonchev–Trinajstić information content (AvgIpc) is 3.46. The fraction of sp³-hybridized carbons (Fsp3) is 0.194. The first-order chi connectivity index (χ1) is 36.9. The summed E-state index contributed by atoms with van der Waals surface area (Å²) in [7, 11) is 11.9. The molecule has 0 aromatic heterocycles. The molecule has 0 heterocycles. The fourth-order valence-corrected chi connectivity index (χ4v) is 10.9. The van der Waals surface area contributed by atoms with E-state index in [1.165, 1.54) is 11.1 Å².